The van der Waals surface area contributed by atoms with Crippen LogP contribution in [0.5, 0.6) is 0 Å². The lowest BCUT2D eigenvalue weighted by molar-refractivity contribution is 0.620. The SMILES string of the molecule is CCc1cccc2oc(-c3ccccc3)nc12. The number of rotatable bonds is 2. The maximum Gasteiger partial charge on any atom is 0.227 e. The minimum atomic E-state index is 0.696. The van der Waals surface area contributed by atoms with E-state index in [2.05, 4.69) is 18.0 Å². The molecule has 2 aromatic carbocycles. The fourth-order valence-corrected chi connectivity index (χ4v) is 2.00. The average Bonchev–Trinajstić information content (AvgIpc) is 2.83. The lowest BCUT2D eigenvalue weighted by Gasteiger charge is -1.93. The third-order valence-electron chi connectivity index (χ3n) is 2.90. The number of hydrogen-bond donors (Lipinski definition) is 0. The second-order valence-corrected chi connectivity index (χ2v) is 4.00. The zero-order chi connectivity index (χ0) is 11.7. The van der Waals surface area contributed by atoms with Crippen LogP contribution in [0.4, 0.5) is 0 Å². The topological polar surface area (TPSA) is 26.0 Å². The van der Waals surface area contributed by atoms with Gasteiger partial charge in [-0.25, -0.2) is 4.98 Å². The summed E-state index contributed by atoms with van der Waals surface area (Å²) in [5, 5.41) is 0. The maximum absolute atomic E-state index is 5.79. The van der Waals surface area contributed by atoms with Gasteiger partial charge in [-0.05, 0) is 30.2 Å². The van der Waals surface area contributed by atoms with Crippen LogP contribution in [0.3, 0.4) is 0 Å². The second kappa shape index (κ2) is 4.06. The molecular formula is C15H13NO. The van der Waals surface area contributed by atoms with Gasteiger partial charge in [-0.2, -0.15) is 0 Å². The van der Waals surface area contributed by atoms with Crippen LogP contribution in [0.25, 0.3) is 22.6 Å². The van der Waals surface area contributed by atoms with Crippen molar-refractivity contribution in [2.75, 3.05) is 0 Å². The highest BCUT2D eigenvalue weighted by Gasteiger charge is 2.09. The summed E-state index contributed by atoms with van der Waals surface area (Å²) < 4.78 is 5.79. The van der Waals surface area contributed by atoms with Crippen LogP contribution < -0.4 is 0 Å². The largest absolute Gasteiger partial charge is 0.436 e. The molecule has 2 heteroatoms. The molecule has 0 bridgehead atoms. The van der Waals surface area contributed by atoms with Gasteiger partial charge in [0.25, 0.3) is 0 Å². The molecular weight excluding hydrogens is 210 g/mol. The molecule has 0 atom stereocenters. The summed E-state index contributed by atoms with van der Waals surface area (Å²) in [6.07, 6.45) is 0.970. The number of aryl methyl sites for hydroxylation is 1. The summed E-state index contributed by atoms with van der Waals surface area (Å²) in [4.78, 5) is 4.59. The maximum atomic E-state index is 5.79. The van der Waals surface area contributed by atoms with Crippen LogP contribution in [-0.2, 0) is 6.42 Å². The number of nitrogens with zero attached hydrogens (tertiary/aromatic N) is 1. The van der Waals surface area contributed by atoms with Crippen LogP contribution in [-0.4, -0.2) is 4.98 Å². The highest BCUT2D eigenvalue weighted by molar-refractivity contribution is 5.79. The Labute approximate surface area is 99.9 Å². The molecule has 0 fully saturated rings. The molecule has 0 saturated carbocycles. The van der Waals surface area contributed by atoms with Crippen molar-refractivity contribution in [2.45, 2.75) is 13.3 Å². The van der Waals surface area contributed by atoms with Crippen molar-refractivity contribution >= 4 is 11.1 Å². The monoisotopic (exact) mass is 223 g/mol. The summed E-state index contributed by atoms with van der Waals surface area (Å²) in [5.74, 6) is 0.696. The van der Waals surface area contributed by atoms with E-state index in [0.717, 1.165) is 23.1 Å². The number of fused-ring (bicyclic) bond motifs is 1. The smallest absolute Gasteiger partial charge is 0.227 e. The summed E-state index contributed by atoms with van der Waals surface area (Å²) in [6.45, 7) is 2.13. The van der Waals surface area contributed by atoms with Gasteiger partial charge in [0.1, 0.15) is 5.52 Å². The van der Waals surface area contributed by atoms with Crippen molar-refractivity contribution in [3.8, 4) is 11.5 Å². The van der Waals surface area contributed by atoms with Gasteiger partial charge in [0.15, 0.2) is 5.58 Å². The summed E-state index contributed by atoms with van der Waals surface area (Å²) in [6, 6.07) is 16.1. The Morgan fingerprint density at radius 2 is 1.82 bits per heavy atom. The number of hydrogen-bond acceptors (Lipinski definition) is 2. The Balaban J connectivity index is 2.20. The molecule has 0 spiro atoms. The predicted octanol–water partition coefficient (Wildman–Crippen LogP) is 4.06. The minimum Gasteiger partial charge on any atom is -0.436 e. The van der Waals surface area contributed by atoms with E-state index in [4.69, 9.17) is 4.42 Å². The van der Waals surface area contributed by atoms with Crippen molar-refractivity contribution in [3.05, 3.63) is 54.1 Å². The quantitative estimate of drug-likeness (QED) is 0.654. The lowest BCUT2D eigenvalue weighted by atomic mass is 10.1. The number of benzene rings is 2. The summed E-state index contributed by atoms with van der Waals surface area (Å²) in [5.41, 5.74) is 4.09. The number of para-hydroxylation sites is 1. The molecule has 0 saturated heterocycles. The van der Waals surface area contributed by atoms with E-state index in [1.54, 1.807) is 0 Å². The Morgan fingerprint density at radius 3 is 2.59 bits per heavy atom. The standard InChI is InChI=1S/C15H13NO/c1-2-11-9-6-10-13-14(11)16-15(17-13)12-7-4-3-5-8-12/h3-10H,2H2,1H3. The first-order valence-electron chi connectivity index (χ1n) is 5.82. The van der Waals surface area contributed by atoms with Crippen molar-refractivity contribution in [3.63, 3.8) is 0 Å². The van der Waals surface area contributed by atoms with Gasteiger partial charge in [-0.1, -0.05) is 37.3 Å². The third-order valence-corrected chi connectivity index (χ3v) is 2.90. The molecule has 1 aromatic heterocycles. The van der Waals surface area contributed by atoms with Crippen LogP contribution in [0, 0.1) is 0 Å². The molecule has 0 aliphatic heterocycles. The Morgan fingerprint density at radius 1 is 1.00 bits per heavy atom. The second-order valence-electron chi connectivity index (χ2n) is 4.00. The van der Waals surface area contributed by atoms with E-state index in [-0.39, 0.29) is 0 Å². The first-order valence-corrected chi connectivity index (χ1v) is 5.82. The zero-order valence-corrected chi connectivity index (χ0v) is 9.68. The van der Waals surface area contributed by atoms with Gasteiger partial charge >= 0.3 is 0 Å². The van der Waals surface area contributed by atoms with Crippen LogP contribution in [0.1, 0.15) is 12.5 Å². The van der Waals surface area contributed by atoms with Crippen LogP contribution in [0.2, 0.25) is 0 Å². The first kappa shape index (κ1) is 10.1. The lowest BCUT2D eigenvalue weighted by Crippen LogP contribution is -1.82. The van der Waals surface area contributed by atoms with Crippen molar-refractivity contribution in [1.82, 2.24) is 4.98 Å². The van der Waals surface area contributed by atoms with Gasteiger partial charge < -0.3 is 4.42 Å². The van der Waals surface area contributed by atoms with E-state index in [9.17, 15) is 0 Å². The average molecular weight is 223 g/mol. The van der Waals surface area contributed by atoms with Gasteiger partial charge in [-0.15, -0.1) is 0 Å². The zero-order valence-electron chi connectivity index (χ0n) is 9.68. The fourth-order valence-electron chi connectivity index (χ4n) is 2.00. The molecule has 0 aliphatic carbocycles. The minimum absolute atomic E-state index is 0.696. The van der Waals surface area contributed by atoms with E-state index in [0.29, 0.717) is 5.89 Å². The normalized spacial score (nSPS) is 10.9. The highest BCUT2D eigenvalue weighted by Crippen LogP contribution is 2.26. The van der Waals surface area contributed by atoms with Crippen molar-refractivity contribution in [2.24, 2.45) is 0 Å². The van der Waals surface area contributed by atoms with Gasteiger partial charge in [0.2, 0.25) is 5.89 Å². The molecule has 0 radical (unpaired) electrons. The molecule has 1 heterocycles. The van der Waals surface area contributed by atoms with E-state index in [1.807, 2.05) is 42.5 Å². The molecule has 17 heavy (non-hydrogen) atoms. The Kier molecular flexibility index (Phi) is 2.41. The molecule has 84 valence electrons. The highest BCUT2D eigenvalue weighted by atomic mass is 16.3. The summed E-state index contributed by atoms with van der Waals surface area (Å²) >= 11 is 0. The van der Waals surface area contributed by atoms with Crippen LogP contribution >= 0.6 is 0 Å². The number of aromatic nitrogens is 1. The molecule has 0 N–H and O–H groups in total. The molecule has 2 nitrogen and oxygen atoms in total. The molecule has 0 amide bonds. The van der Waals surface area contributed by atoms with E-state index in [1.165, 1.54) is 5.56 Å². The molecule has 0 aliphatic rings. The predicted molar refractivity (Wildman–Crippen MR) is 68.8 cm³/mol. The molecule has 3 rings (SSSR count). The van der Waals surface area contributed by atoms with Crippen molar-refractivity contribution in [1.29, 1.82) is 0 Å². The van der Waals surface area contributed by atoms with Gasteiger partial charge in [0, 0.05) is 5.56 Å². The molecule has 3 aromatic rings. The first-order chi connectivity index (χ1) is 8.38. The Bertz CT molecular complexity index is 640. The van der Waals surface area contributed by atoms with Gasteiger partial charge in [0.05, 0.1) is 0 Å². The molecule has 0 unspecified atom stereocenters. The van der Waals surface area contributed by atoms with Gasteiger partial charge in [-0.3, -0.25) is 0 Å². The van der Waals surface area contributed by atoms with E-state index < -0.39 is 0 Å². The van der Waals surface area contributed by atoms with E-state index >= 15 is 0 Å². The van der Waals surface area contributed by atoms with Crippen molar-refractivity contribution < 1.29 is 4.42 Å². The fraction of sp³-hybridized carbons (Fsp3) is 0.133. The van der Waals surface area contributed by atoms with Crippen LogP contribution in [0.15, 0.2) is 52.9 Å². The Hall–Kier alpha value is -2.09. The summed E-state index contributed by atoms with van der Waals surface area (Å²) in [7, 11) is 0. The third kappa shape index (κ3) is 1.72. The number of oxazole rings is 1.